The lowest BCUT2D eigenvalue weighted by molar-refractivity contribution is -0.139. The van der Waals surface area contributed by atoms with Crippen LogP contribution in [0.5, 0.6) is 5.75 Å². The smallest absolute Gasteiger partial charge is 0.341 e. The lowest BCUT2D eigenvalue weighted by Gasteiger charge is -2.22. The molecule has 1 aromatic carbocycles. The Morgan fingerprint density at radius 1 is 1.38 bits per heavy atom. The molecule has 21 heavy (non-hydrogen) atoms. The summed E-state index contributed by atoms with van der Waals surface area (Å²) in [5.41, 5.74) is 1.31. The highest BCUT2D eigenvalue weighted by atomic mass is 16.5. The van der Waals surface area contributed by atoms with Gasteiger partial charge in [0, 0.05) is 13.1 Å². The fourth-order valence-corrected chi connectivity index (χ4v) is 1.68. The molecule has 114 valence electrons. The first-order valence-electron chi connectivity index (χ1n) is 6.58. The van der Waals surface area contributed by atoms with E-state index in [4.69, 9.17) is 9.84 Å². The van der Waals surface area contributed by atoms with E-state index in [1.54, 1.807) is 29.2 Å². The first-order valence-corrected chi connectivity index (χ1v) is 6.58. The van der Waals surface area contributed by atoms with Gasteiger partial charge in [0.2, 0.25) is 0 Å². The van der Waals surface area contributed by atoms with Gasteiger partial charge < -0.3 is 20.1 Å². The van der Waals surface area contributed by atoms with Gasteiger partial charge in [-0.3, -0.25) is 0 Å². The maximum absolute atomic E-state index is 12.2. The lowest BCUT2D eigenvalue weighted by Crippen LogP contribution is -2.36. The third-order valence-electron chi connectivity index (χ3n) is 2.61. The number of anilines is 1. The van der Waals surface area contributed by atoms with Gasteiger partial charge in [0.15, 0.2) is 6.61 Å². The Bertz CT molecular complexity index is 528. The van der Waals surface area contributed by atoms with E-state index in [-0.39, 0.29) is 6.03 Å². The number of hydrogen-bond donors (Lipinski definition) is 2. The molecule has 0 aliphatic carbocycles. The molecule has 0 aliphatic rings. The summed E-state index contributed by atoms with van der Waals surface area (Å²) in [5.74, 6) is -0.756. The number of likely N-dealkylation sites (N-methyl/N-ethyl adjacent to an activating group) is 1. The molecule has 6 nitrogen and oxygen atoms in total. The Hall–Kier alpha value is -2.50. The van der Waals surface area contributed by atoms with Crippen molar-refractivity contribution >= 4 is 17.7 Å². The number of para-hydroxylation sites is 2. The quantitative estimate of drug-likeness (QED) is 0.757. The summed E-state index contributed by atoms with van der Waals surface area (Å²) in [7, 11) is 0. The van der Waals surface area contributed by atoms with Crippen LogP contribution >= 0.6 is 0 Å². The fourth-order valence-electron chi connectivity index (χ4n) is 1.68. The van der Waals surface area contributed by atoms with Crippen LogP contribution in [0.1, 0.15) is 13.8 Å². The minimum atomic E-state index is -1.08. The molecule has 0 radical (unpaired) electrons. The average Bonchev–Trinajstić information content (AvgIpc) is 2.43. The van der Waals surface area contributed by atoms with E-state index in [2.05, 4.69) is 11.9 Å². The molecule has 2 N–H and O–H groups in total. The molecule has 1 rings (SSSR count). The number of urea groups is 1. The van der Waals surface area contributed by atoms with Crippen LogP contribution in [0.2, 0.25) is 0 Å². The standard InChI is InChI=1S/C15H20N2O4/c1-4-17(9-11(2)3)15(20)16-12-7-5-6-8-13(12)21-10-14(18)19/h5-8H,2,4,9-10H2,1,3H3,(H,16,20)(H,18,19). The van der Waals surface area contributed by atoms with Crippen LogP contribution < -0.4 is 10.1 Å². The highest BCUT2D eigenvalue weighted by Crippen LogP contribution is 2.24. The van der Waals surface area contributed by atoms with Gasteiger partial charge in [-0.05, 0) is 26.0 Å². The number of amides is 2. The molecule has 2 amide bonds. The van der Waals surface area contributed by atoms with Crippen LogP contribution in [0.4, 0.5) is 10.5 Å². The van der Waals surface area contributed by atoms with Crippen molar-refractivity contribution in [2.45, 2.75) is 13.8 Å². The van der Waals surface area contributed by atoms with Crippen molar-refractivity contribution in [1.82, 2.24) is 4.90 Å². The maximum Gasteiger partial charge on any atom is 0.341 e. The first-order chi connectivity index (χ1) is 9.93. The average molecular weight is 292 g/mol. The van der Waals surface area contributed by atoms with Crippen molar-refractivity contribution in [3.63, 3.8) is 0 Å². The molecule has 0 atom stereocenters. The SMILES string of the molecule is C=C(C)CN(CC)C(=O)Nc1ccccc1OCC(=O)O. The Morgan fingerprint density at radius 3 is 2.62 bits per heavy atom. The summed E-state index contributed by atoms with van der Waals surface area (Å²) in [4.78, 5) is 24.3. The molecule has 0 fully saturated rings. The third kappa shape index (κ3) is 5.56. The second kappa shape index (κ2) is 7.94. The molecule has 0 saturated heterocycles. The topological polar surface area (TPSA) is 78.9 Å². The van der Waals surface area contributed by atoms with Gasteiger partial charge in [-0.1, -0.05) is 24.3 Å². The number of aliphatic carboxylic acids is 1. The largest absolute Gasteiger partial charge is 0.480 e. The summed E-state index contributed by atoms with van der Waals surface area (Å²) in [5, 5.41) is 11.4. The number of benzene rings is 1. The number of carboxylic acid groups (broad SMARTS) is 1. The van der Waals surface area contributed by atoms with Crippen molar-refractivity contribution in [1.29, 1.82) is 0 Å². The molecule has 6 heteroatoms. The van der Waals surface area contributed by atoms with Gasteiger partial charge in [-0.15, -0.1) is 0 Å². The van der Waals surface area contributed by atoms with E-state index < -0.39 is 12.6 Å². The van der Waals surface area contributed by atoms with Crippen molar-refractivity contribution in [3.8, 4) is 5.75 Å². The third-order valence-corrected chi connectivity index (χ3v) is 2.61. The Labute approximate surface area is 124 Å². The molecular formula is C15H20N2O4. The molecule has 0 unspecified atom stereocenters. The normalized spacial score (nSPS) is 9.81. The van der Waals surface area contributed by atoms with Crippen LogP contribution in [0.15, 0.2) is 36.4 Å². The zero-order valence-corrected chi connectivity index (χ0v) is 12.3. The second-order valence-corrected chi connectivity index (χ2v) is 4.58. The van der Waals surface area contributed by atoms with Gasteiger partial charge >= 0.3 is 12.0 Å². The number of carboxylic acids is 1. The fraction of sp³-hybridized carbons (Fsp3) is 0.333. The van der Waals surface area contributed by atoms with Crippen LogP contribution in [-0.4, -0.2) is 41.7 Å². The zero-order chi connectivity index (χ0) is 15.8. The van der Waals surface area contributed by atoms with Crippen molar-refractivity contribution in [3.05, 3.63) is 36.4 Å². The number of rotatable bonds is 7. The molecule has 0 saturated carbocycles. The molecule has 0 aromatic heterocycles. The van der Waals surface area contributed by atoms with E-state index in [1.165, 1.54) is 0 Å². The van der Waals surface area contributed by atoms with Crippen LogP contribution in [0, 0.1) is 0 Å². The molecule has 0 spiro atoms. The van der Waals surface area contributed by atoms with E-state index in [0.717, 1.165) is 5.57 Å². The van der Waals surface area contributed by atoms with Gasteiger partial charge in [0.1, 0.15) is 5.75 Å². The molecule has 0 heterocycles. The van der Waals surface area contributed by atoms with Crippen molar-refractivity contribution in [2.24, 2.45) is 0 Å². The van der Waals surface area contributed by atoms with Crippen LogP contribution in [0.25, 0.3) is 0 Å². The molecular weight excluding hydrogens is 272 g/mol. The zero-order valence-electron chi connectivity index (χ0n) is 12.3. The van der Waals surface area contributed by atoms with Gasteiger partial charge in [-0.25, -0.2) is 9.59 Å². The summed E-state index contributed by atoms with van der Waals surface area (Å²) in [6, 6.07) is 6.42. The summed E-state index contributed by atoms with van der Waals surface area (Å²) in [6.45, 7) is 8.04. The monoisotopic (exact) mass is 292 g/mol. The number of carbonyl (C=O) groups is 2. The van der Waals surface area contributed by atoms with E-state index >= 15 is 0 Å². The van der Waals surface area contributed by atoms with Crippen LogP contribution in [-0.2, 0) is 4.79 Å². The van der Waals surface area contributed by atoms with Crippen molar-refractivity contribution in [2.75, 3.05) is 25.0 Å². The highest BCUT2D eigenvalue weighted by molar-refractivity contribution is 5.91. The predicted molar refractivity (Wildman–Crippen MR) is 80.7 cm³/mol. The minimum absolute atomic E-state index is 0.285. The van der Waals surface area contributed by atoms with Crippen LogP contribution in [0.3, 0.4) is 0 Å². The van der Waals surface area contributed by atoms with E-state index in [0.29, 0.717) is 24.5 Å². The van der Waals surface area contributed by atoms with E-state index in [1.807, 2.05) is 13.8 Å². The van der Waals surface area contributed by atoms with Crippen molar-refractivity contribution < 1.29 is 19.4 Å². The Morgan fingerprint density at radius 2 is 2.05 bits per heavy atom. The molecule has 0 bridgehead atoms. The van der Waals surface area contributed by atoms with E-state index in [9.17, 15) is 9.59 Å². The lowest BCUT2D eigenvalue weighted by atomic mass is 10.3. The number of carbonyl (C=O) groups excluding carboxylic acids is 1. The molecule has 1 aromatic rings. The predicted octanol–water partition coefficient (Wildman–Crippen LogP) is 2.58. The second-order valence-electron chi connectivity index (χ2n) is 4.58. The number of ether oxygens (including phenoxy) is 1. The van der Waals surface area contributed by atoms with Gasteiger partial charge in [-0.2, -0.15) is 0 Å². The molecule has 0 aliphatic heterocycles. The summed E-state index contributed by atoms with van der Waals surface area (Å²) < 4.78 is 5.14. The summed E-state index contributed by atoms with van der Waals surface area (Å²) in [6.07, 6.45) is 0. The first kappa shape index (κ1) is 16.6. The number of hydrogen-bond acceptors (Lipinski definition) is 3. The van der Waals surface area contributed by atoms with Gasteiger partial charge in [0.25, 0.3) is 0 Å². The number of nitrogens with one attached hydrogen (secondary N) is 1. The summed E-state index contributed by atoms with van der Waals surface area (Å²) >= 11 is 0. The Kier molecular flexibility index (Phi) is 6.26. The number of nitrogens with zero attached hydrogens (tertiary/aromatic N) is 1. The minimum Gasteiger partial charge on any atom is -0.480 e. The van der Waals surface area contributed by atoms with Gasteiger partial charge in [0.05, 0.1) is 5.69 Å². The Balaban J connectivity index is 2.79. The maximum atomic E-state index is 12.2. The highest BCUT2D eigenvalue weighted by Gasteiger charge is 2.14.